The molecule has 2 aromatic rings. The second-order valence-corrected chi connectivity index (χ2v) is 3.70. The molecule has 2 rings (SSSR count). The van der Waals surface area contributed by atoms with Gasteiger partial charge in [-0.25, -0.2) is 4.52 Å². The summed E-state index contributed by atoms with van der Waals surface area (Å²) in [7, 11) is 0. The van der Waals surface area contributed by atoms with Crippen molar-refractivity contribution in [3.05, 3.63) is 30.4 Å². The molecular weight excluding hydrogens is 260 g/mol. The van der Waals surface area contributed by atoms with Gasteiger partial charge in [0.05, 0.1) is 23.5 Å². The van der Waals surface area contributed by atoms with Crippen molar-refractivity contribution in [2.45, 2.75) is 0 Å². The van der Waals surface area contributed by atoms with Crippen LogP contribution in [0.25, 0.3) is 5.52 Å². The van der Waals surface area contributed by atoms with Gasteiger partial charge in [-0.3, -0.25) is 9.78 Å². The Morgan fingerprint density at radius 2 is 2.40 bits per heavy atom. The summed E-state index contributed by atoms with van der Waals surface area (Å²) in [4.78, 5) is 15.6. The zero-order valence-electron chi connectivity index (χ0n) is 7.85. The van der Waals surface area contributed by atoms with Crippen LogP contribution in [0.2, 0.25) is 0 Å². The second-order valence-electron chi connectivity index (χ2n) is 2.91. The summed E-state index contributed by atoms with van der Waals surface area (Å²) in [5, 5.41) is 7.54. The number of nitrogens with zero attached hydrogens (tertiary/aromatic N) is 3. The zero-order valence-corrected chi connectivity index (χ0v) is 9.44. The molecule has 1 N–H and O–H groups in total. The van der Waals surface area contributed by atoms with Crippen LogP contribution < -0.4 is 5.32 Å². The molecule has 0 spiro atoms. The van der Waals surface area contributed by atoms with Gasteiger partial charge in [0, 0.05) is 24.3 Å². The summed E-state index contributed by atoms with van der Waals surface area (Å²) in [6, 6.07) is 0. The first-order chi connectivity index (χ1) is 7.33. The van der Waals surface area contributed by atoms with Gasteiger partial charge in [0.15, 0.2) is 0 Å². The fourth-order valence-electron chi connectivity index (χ4n) is 1.27. The molecule has 0 bridgehead atoms. The van der Waals surface area contributed by atoms with Crippen molar-refractivity contribution in [1.82, 2.24) is 19.9 Å². The van der Waals surface area contributed by atoms with Crippen LogP contribution in [-0.2, 0) is 0 Å². The van der Waals surface area contributed by atoms with Gasteiger partial charge in [0.25, 0.3) is 5.91 Å². The van der Waals surface area contributed by atoms with Crippen molar-refractivity contribution in [2.24, 2.45) is 0 Å². The number of carbonyl (C=O) groups excluding carboxylic acids is 1. The molecule has 0 atom stereocenters. The maximum absolute atomic E-state index is 11.7. The van der Waals surface area contributed by atoms with E-state index in [9.17, 15) is 4.79 Å². The number of nitrogens with one attached hydrogen (secondary N) is 1. The van der Waals surface area contributed by atoms with Gasteiger partial charge < -0.3 is 5.32 Å². The maximum atomic E-state index is 11.7. The van der Waals surface area contributed by atoms with E-state index in [1.807, 2.05) is 0 Å². The summed E-state index contributed by atoms with van der Waals surface area (Å²) < 4.78 is 1.62. The molecule has 6 heteroatoms. The third-order valence-electron chi connectivity index (χ3n) is 1.95. The summed E-state index contributed by atoms with van der Waals surface area (Å²) in [6.07, 6.45) is 6.49. The molecule has 2 heterocycles. The van der Waals surface area contributed by atoms with Gasteiger partial charge in [-0.05, 0) is 0 Å². The first-order valence-corrected chi connectivity index (χ1v) is 5.56. The molecule has 78 valence electrons. The molecule has 0 unspecified atom stereocenters. The van der Waals surface area contributed by atoms with E-state index in [0.29, 0.717) is 17.6 Å². The SMILES string of the molecule is O=C(NCCBr)c1cnn2ccncc12. The van der Waals surface area contributed by atoms with Crippen LogP contribution in [0.1, 0.15) is 10.4 Å². The minimum Gasteiger partial charge on any atom is -0.351 e. The Kier molecular flexibility index (Phi) is 2.96. The van der Waals surface area contributed by atoms with E-state index in [-0.39, 0.29) is 5.91 Å². The Hall–Kier alpha value is -1.43. The van der Waals surface area contributed by atoms with Crippen molar-refractivity contribution < 1.29 is 4.79 Å². The first kappa shape index (κ1) is 10.1. The van der Waals surface area contributed by atoms with Gasteiger partial charge in [0.2, 0.25) is 0 Å². The summed E-state index contributed by atoms with van der Waals surface area (Å²) in [6.45, 7) is 0.594. The van der Waals surface area contributed by atoms with E-state index >= 15 is 0 Å². The molecule has 2 aromatic heterocycles. The lowest BCUT2D eigenvalue weighted by Crippen LogP contribution is -2.24. The molecule has 15 heavy (non-hydrogen) atoms. The molecule has 0 saturated heterocycles. The molecule has 0 radical (unpaired) electrons. The third kappa shape index (κ3) is 1.99. The summed E-state index contributed by atoms with van der Waals surface area (Å²) in [5.41, 5.74) is 1.26. The Morgan fingerprint density at radius 3 is 3.20 bits per heavy atom. The standard InChI is InChI=1S/C9H9BrN4O/c10-1-2-12-9(15)7-5-13-14-4-3-11-6-8(7)14/h3-6H,1-2H2,(H,12,15). The molecule has 0 fully saturated rings. The van der Waals surface area contributed by atoms with E-state index in [0.717, 1.165) is 5.33 Å². The van der Waals surface area contributed by atoms with Gasteiger partial charge >= 0.3 is 0 Å². The second kappa shape index (κ2) is 4.39. The first-order valence-electron chi connectivity index (χ1n) is 4.44. The maximum Gasteiger partial charge on any atom is 0.255 e. The van der Waals surface area contributed by atoms with Crippen molar-refractivity contribution in [3.63, 3.8) is 0 Å². The number of amides is 1. The Labute approximate surface area is 94.6 Å². The van der Waals surface area contributed by atoms with Crippen LogP contribution >= 0.6 is 15.9 Å². The normalized spacial score (nSPS) is 10.5. The Balaban J connectivity index is 2.31. The highest BCUT2D eigenvalue weighted by Crippen LogP contribution is 2.07. The van der Waals surface area contributed by atoms with Gasteiger partial charge in [-0.1, -0.05) is 15.9 Å². The van der Waals surface area contributed by atoms with Crippen LogP contribution in [0.15, 0.2) is 24.8 Å². The smallest absolute Gasteiger partial charge is 0.255 e. The summed E-state index contributed by atoms with van der Waals surface area (Å²) in [5.74, 6) is -0.127. The van der Waals surface area contributed by atoms with Gasteiger partial charge in [-0.15, -0.1) is 0 Å². The molecule has 0 aliphatic rings. The van der Waals surface area contributed by atoms with E-state index in [1.165, 1.54) is 0 Å². The molecule has 0 saturated carbocycles. The van der Waals surface area contributed by atoms with Crippen molar-refractivity contribution >= 4 is 27.4 Å². The average molecular weight is 269 g/mol. The number of aromatic nitrogens is 3. The predicted octanol–water partition coefficient (Wildman–Crippen LogP) is 0.854. The highest BCUT2D eigenvalue weighted by Gasteiger charge is 2.11. The van der Waals surface area contributed by atoms with Crippen molar-refractivity contribution in [2.75, 3.05) is 11.9 Å². The lowest BCUT2D eigenvalue weighted by atomic mass is 10.3. The quantitative estimate of drug-likeness (QED) is 0.840. The summed E-state index contributed by atoms with van der Waals surface area (Å²) >= 11 is 3.24. The van der Waals surface area contributed by atoms with Gasteiger partial charge in [0.1, 0.15) is 0 Å². The molecule has 0 aliphatic heterocycles. The van der Waals surface area contributed by atoms with E-state index in [2.05, 4.69) is 31.3 Å². The van der Waals surface area contributed by atoms with E-state index < -0.39 is 0 Å². The monoisotopic (exact) mass is 268 g/mol. The number of rotatable bonds is 3. The fraction of sp³-hybridized carbons (Fsp3) is 0.222. The van der Waals surface area contributed by atoms with Crippen LogP contribution in [0.5, 0.6) is 0 Å². The largest absolute Gasteiger partial charge is 0.351 e. The number of alkyl halides is 1. The average Bonchev–Trinajstić information content (AvgIpc) is 2.69. The fourth-order valence-corrected chi connectivity index (χ4v) is 1.46. The van der Waals surface area contributed by atoms with E-state index in [4.69, 9.17) is 0 Å². The van der Waals surface area contributed by atoms with Gasteiger partial charge in [-0.2, -0.15) is 5.10 Å². The molecule has 0 aromatic carbocycles. The molecule has 0 aliphatic carbocycles. The number of halogens is 1. The highest BCUT2D eigenvalue weighted by atomic mass is 79.9. The Bertz CT molecular complexity index is 482. The topological polar surface area (TPSA) is 59.3 Å². The third-order valence-corrected chi connectivity index (χ3v) is 2.35. The minimum absolute atomic E-state index is 0.127. The van der Waals surface area contributed by atoms with E-state index in [1.54, 1.807) is 29.3 Å². The molecular formula is C9H9BrN4O. The zero-order chi connectivity index (χ0) is 10.7. The van der Waals surface area contributed by atoms with Crippen LogP contribution in [0.4, 0.5) is 0 Å². The number of carbonyl (C=O) groups is 1. The molecule has 5 nitrogen and oxygen atoms in total. The lowest BCUT2D eigenvalue weighted by Gasteiger charge is -2.00. The van der Waals surface area contributed by atoms with Crippen LogP contribution in [-0.4, -0.2) is 32.4 Å². The van der Waals surface area contributed by atoms with Crippen molar-refractivity contribution in [1.29, 1.82) is 0 Å². The lowest BCUT2D eigenvalue weighted by molar-refractivity contribution is 0.0958. The molecule has 1 amide bonds. The number of hydrogen-bond donors (Lipinski definition) is 1. The van der Waals surface area contributed by atoms with Crippen molar-refractivity contribution in [3.8, 4) is 0 Å². The number of fused-ring (bicyclic) bond motifs is 1. The number of hydrogen-bond acceptors (Lipinski definition) is 3. The predicted molar refractivity (Wildman–Crippen MR) is 59.1 cm³/mol. The van der Waals surface area contributed by atoms with Crippen LogP contribution in [0.3, 0.4) is 0 Å². The minimum atomic E-state index is -0.127. The van der Waals surface area contributed by atoms with Crippen LogP contribution in [0, 0.1) is 0 Å². The highest BCUT2D eigenvalue weighted by molar-refractivity contribution is 9.09. The Morgan fingerprint density at radius 1 is 1.53 bits per heavy atom.